The third kappa shape index (κ3) is 2.48. The predicted molar refractivity (Wildman–Crippen MR) is 54.3 cm³/mol. The van der Waals surface area contributed by atoms with Gasteiger partial charge in [0.15, 0.2) is 0 Å². The second kappa shape index (κ2) is 4.92. The largest absolute Gasteiger partial charge is 0.373 e. The van der Waals surface area contributed by atoms with Gasteiger partial charge in [-0.2, -0.15) is 0 Å². The van der Waals surface area contributed by atoms with E-state index in [9.17, 15) is 4.79 Å². The molecule has 0 aliphatic carbocycles. The Bertz CT molecular complexity index is 229. The molecule has 0 aromatic rings. The van der Waals surface area contributed by atoms with E-state index >= 15 is 0 Å². The van der Waals surface area contributed by atoms with Gasteiger partial charge in [0, 0.05) is 26.2 Å². The van der Waals surface area contributed by atoms with E-state index in [1.54, 1.807) is 0 Å². The van der Waals surface area contributed by atoms with Crippen LogP contribution in [0.2, 0.25) is 0 Å². The van der Waals surface area contributed by atoms with Crippen LogP contribution in [0.5, 0.6) is 0 Å². The maximum Gasteiger partial charge on any atom is 0.251 e. The summed E-state index contributed by atoms with van der Waals surface area (Å²) in [6.07, 6.45) is 1.61. The number of rotatable bonds is 2. The van der Waals surface area contributed by atoms with Crippen molar-refractivity contribution in [3.8, 4) is 0 Å². The number of nitrogens with two attached hydrogens (primary N) is 1. The zero-order valence-electron chi connectivity index (χ0n) is 8.85. The molecule has 2 atom stereocenters. The molecule has 0 bridgehead atoms. The molecule has 2 N–H and O–H groups in total. The summed E-state index contributed by atoms with van der Waals surface area (Å²) in [4.78, 5) is 13.8. The molecular weight excluding hydrogens is 196 g/mol. The molecule has 0 saturated carbocycles. The summed E-state index contributed by atoms with van der Waals surface area (Å²) < 4.78 is 10.8. The second-order valence-electron chi connectivity index (χ2n) is 4.01. The van der Waals surface area contributed by atoms with Crippen molar-refractivity contribution in [1.29, 1.82) is 0 Å². The fourth-order valence-corrected chi connectivity index (χ4v) is 2.04. The zero-order chi connectivity index (χ0) is 10.7. The van der Waals surface area contributed by atoms with E-state index in [0.717, 1.165) is 12.8 Å². The lowest BCUT2D eigenvalue weighted by Gasteiger charge is -2.33. The Hall–Kier alpha value is -0.650. The lowest BCUT2D eigenvalue weighted by molar-refractivity contribution is -0.148. The van der Waals surface area contributed by atoms with Crippen LogP contribution in [0.1, 0.15) is 12.8 Å². The van der Waals surface area contributed by atoms with Crippen molar-refractivity contribution in [3.05, 3.63) is 0 Å². The molecule has 0 radical (unpaired) electrons. The fourth-order valence-electron chi connectivity index (χ4n) is 2.04. The SMILES string of the molecule is NCC1CN(C(=O)[C@H]2CCCO2)CCO1. The van der Waals surface area contributed by atoms with Crippen molar-refractivity contribution in [2.75, 3.05) is 32.8 Å². The molecule has 5 heteroatoms. The maximum absolute atomic E-state index is 12.0. The minimum Gasteiger partial charge on any atom is -0.373 e. The fraction of sp³-hybridized carbons (Fsp3) is 0.900. The Balaban J connectivity index is 1.88. The Morgan fingerprint density at radius 3 is 2.93 bits per heavy atom. The van der Waals surface area contributed by atoms with E-state index in [-0.39, 0.29) is 18.1 Å². The summed E-state index contributed by atoms with van der Waals surface area (Å²) in [5, 5.41) is 0. The first-order valence-electron chi connectivity index (χ1n) is 5.53. The van der Waals surface area contributed by atoms with Gasteiger partial charge in [-0.15, -0.1) is 0 Å². The quantitative estimate of drug-likeness (QED) is 0.663. The van der Waals surface area contributed by atoms with E-state index < -0.39 is 0 Å². The number of carbonyl (C=O) groups is 1. The first-order valence-corrected chi connectivity index (χ1v) is 5.53. The molecule has 2 rings (SSSR count). The third-order valence-corrected chi connectivity index (χ3v) is 2.92. The Labute approximate surface area is 89.5 Å². The summed E-state index contributed by atoms with van der Waals surface area (Å²) in [6.45, 7) is 3.03. The molecule has 1 amide bonds. The lowest BCUT2D eigenvalue weighted by atomic mass is 10.2. The normalized spacial score (nSPS) is 31.9. The molecule has 5 nitrogen and oxygen atoms in total. The van der Waals surface area contributed by atoms with Gasteiger partial charge in [0.2, 0.25) is 0 Å². The van der Waals surface area contributed by atoms with Gasteiger partial charge in [0.25, 0.3) is 5.91 Å². The highest BCUT2D eigenvalue weighted by Crippen LogP contribution is 2.16. The average Bonchev–Trinajstić information content (AvgIpc) is 2.81. The summed E-state index contributed by atoms with van der Waals surface area (Å²) in [5.41, 5.74) is 5.52. The Kier molecular flexibility index (Phi) is 3.56. The predicted octanol–water partition coefficient (Wildman–Crippen LogP) is -0.648. The summed E-state index contributed by atoms with van der Waals surface area (Å²) >= 11 is 0. The Morgan fingerprint density at radius 1 is 1.40 bits per heavy atom. The lowest BCUT2D eigenvalue weighted by Crippen LogP contribution is -2.51. The zero-order valence-corrected chi connectivity index (χ0v) is 8.85. The molecule has 0 aromatic heterocycles. The van der Waals surface area contributed by atoms with Gasteiger partial charge in [0.05, 0.1) is 12.7 Å². The highest BCUT2D eigenvalue weighted by molar-refractivity contribution is 5.81. The van der Waals surface area contributed by atoms with E-state index in [2.05, 4.69) is 0 Å². The molecule has 2 aliphatic heterocycles. The Morgan fingerprint density at radius 2 is 2.27 bits per heavy atom. The van der Waals surface area contributed by atoms with Gasteiger partial charge >= 0.3 is 0 Å². The van der Waals surface area contributed by atoms with E-state index in [0.29, 0.717) is 32.8 Å². The molecule has 2 aliphatic rings. The van der Waals surface area contributed by atoms with Crippen LogP contribution >= 0.6 is 0 Å². The number of hydrogen-bond donors (Lipinski definition) is 1. The van der Waals surface area contributed by atoms with Gasteiger partial charge in [-0.25, -0.2) is 0 Å². The second-order valence-corrected chi connectivity index (χ2v) is 4.01. The maximum atomic E-state index is 12.0. The number of nitrogens with zero attached hydrogens (tertiary/aromatic N) is 1. The molecule has 2 fully saturated rings. The molecule has 15 heavy (non-hydrogen) atoms. The first kappa shape index (κ1) is 10.9. The van der Waals surface area contributed by atoms with Gasteiger partial charge in [0.1, 0.15) is 6.10 Å². The van der Waals surface area contributed by atoms with Crippen molar-refractivity contribution in [2.24, 2.45) is 5.73 Å². The van der Waals surface area contributed by atoms with Crippen LogP contribution in [-0.2, 0) is 14.3 Å². The average molecular weight is 214 g/mol. The number of morpholine rings is 1. The number of hydrogen-bond acceptors (Lipinski definition) is 4. The molecule has 2 saturated heterocycles. The summed E-state index contributed by atoms with van der Waals surface area (Å²) in [7, 11) is 0. The van der Waals surface area contributed by atoms with E-state index in [1.165, 1.54) is 0 Å². The van der Waals surface area contributed by atoms with Crippen LogP contribution in [0.25, 0.3) is 0 Å². The first-order chi connectivity index (χ1) is 7.31. The van der Waals surface area contributed by atoms with Gasteiger partial charge < -0.3 is 20.1 Å². The van der Waals surface area contributed by atoms with Crippen molar-refractivity contribution in [3.63, 3.8) is 0 Å². The van der Waals surface area contributed by atoms with Crippen molar-refractivity contribution < 1.29 is 14.3 Å². The summed E-state index contributed by atoms with van der Waals surface area (Å²) in [6, 6.07) is 0. The van der Waals surface area contributed by atoms with Crippen LogP contribution < -0.4 is 5.73 Å². The highest BCUT2D eigenvalue weighted by atomic mass is 16.5. The number of amides is 1. The topological polar surface area (TPSA) is 64.8 Å². The number of carbonyl (C=O) groups excluding carboxylic acids is 1. The van der Waals surface area contributed by atoms with Crippen LogP contribution in [0, 0.1) is 0 Å². The van der Waals surface area contributed by atoms with Crippen LogP contribution in [0.4, 0.5) is 0 Å². The monoisotopic (exact) mass is 214 g/mol. The molecule has 2 heterocycles. The van der Waals surface area contributed by atoms with Crippen molar-refractivity contribution in [2.45, 2.75) is 25.0 Å². The van der Waals surface area contributed by atoms with Crippen LogP contribution in [-0.4, -0.2) is 55.9 Å². The molecule has 1 unspecified atom stereocenters. The summed E-state index contributed by atoms with van der Waals surface area (Å²) in [5.74, 6) is 0.106. The van der Waals surface area contributed by atoms with Crippen LogP contribution in [0.15, 0.2) is 0 Å². The molecular formula is C10H18N2O3. The van der Waals surface area contributed by atoms with Crippen molar-refractivity contribution in [1.82, 2.24) is 4.90 Å². The standard InChI is InChI=1S/C10H18N2O3/c11-6-8-7-12(3-5-14-8)10(13)9-2-1-4-15-9/h8-9H,1-7,11H2/t8?,9-/m1/s1. The third-order valence-electron chi connectivity index (χ3n) is 2.92. The van der Waals surface area contributed by atoms with Crippen LogP contribution in [0.3, 0.4) is 0 Å². The van der Waals surface area contributed by atoms with Gasteiger partial charge in [-0.05, 0) is 12.8 Å². The van der Waals surface area contributed by atoms with E-state index in [1.807, 2.05) is 4.90 Å². The molecule has 86 valence electrons. The van der Waals surface area contributed by atoms with Gasteiger partial charge in [-0.1, -0.05) is 0 Å². The molecule has 0 aromatic carbocycles. The molecule has 0 spiro atoms. The highest BCUT2D eigenvalue weighted by Gasteiger charge is 2.31. The van der Waals surface area contributed by atoms with Crippen molar-refractivity contribution >= 4 is 5.91 Å². The van der Waals surface area contributed by atoms with Gasteiger partial charge in [-0.3, -0.25) is 4.79 Å². The minimum atomic E-state index is -0.221. The number of ether oxygens (including phenoxy) is 2. The smallest absolute Gasteiger partial charge is 0.251 e. The van der Waals surface area contributed by atoms with E-state index in [4.69, 9.17) is 15.2 Å². The minimum absolute atomic E-state index is 0.0101.